The first-order valence-electron chi connectivity index (χ1n) is 13.4. The highest BCUT2D eigenvalue weighted by Crippen LogP contribution is 2.40. The third-order valence-electron chi connectivity index (χ3n) is 7.49. The van der Waals surface area contributed by atoms with Crippen LogP contribution in [-0.2, 0) is 12.6 Å². The number of carbonyl (C=O) groups excluding carboxylic acids is 1. The van der Waals surface area contributed by atoms with E-state index in [1.165, 1.54) is 6.20 Å². The topological polar surface area (TPSA) is 113 Å². The molecule has 0 saturated carbocycles. The Balaban J connectivity index is 1.68. The van der Waals surface area contributed by atoms with E-state index in [9.17, 15) is 14.7 Å². The van der Waals surface area contributed by atoms with E-state index < -0.39 is 5.60 Å². The fraction of sp³-hybridized carbons (Fsp3) is 0.0882. The molecule has 0 bridgehead atoms. The average Bonchev–Trinajstić information content (AvgIpc) is 3.03. The molecule has 43 heavy (non-hydrogen) atoms. The summed E-state index contributed by atoms with van der Waals surface area (Å²) < 4.78 is 1.55. The molecule has 1 amide bonds. The fourth-order valence-corrected chi connectivity index (χ4v) is 5.33. The number of rotatable bonds is 8. The van der Waals surface area contributed by atoms with Gasteiger partial charge in [-0.2, -0.15) is 0 Å². The molecule has 4 N–H and O–H groups in total. The number of benzene rings is 3. The molecule has 0 spiro atoms. The number of halogens is 1. The van der Waals surface area contributed by atoms with Crippen LogP contribution in [-0.4, -0.2) is 32.5 Å². The number of hydrogen-bond donors (Lipinski definition) is 3. The number of carbonyl (C=O) groups is 1. The molecule has 9 heteroatoms. The Morgan fingerprint density at radius 2 is 1.74 bits per heavy atom. The van der Waals surface area contributed by atoms with Crippen LogP contribution in [0.3, 0.4) is 0 Å². The van der Waals surface area contributed by atoms with Crippen molar-refractivity contribution in [3.8, 4) is 11.1 Å². The number of fused-ring (bicyclic) bond motifs is 1. The molecule has 0 aliphatic rings. The van der Waals surface area contributed by atoms with E-state index in [1.807, 2.05) is 18.2 Å². The second-order valence-electron chi connectivity index (χ2n) is 10.0. The normalized spacial score (nSPS) is 12.9. The van der Waals surface area contributed by atoms with Gasteiger partial charge in [0.2, 0.25) is 0 Å². The quantitative estimate of drug-likeness (QED) is 0.216. The molecule has 0 aliphatic heterocycles. The van der Waals surface area contributed by atoms with Crippen LogP contribution in [0, 0.1) is 0 Å². The van der Waals surface area contributed by atoms with Crippen LogP contribution in [0.4, 0.5) is 5.69 Å². The molecule has 0 fully saturated rings. The predicted molar refractivity (Wildman–Crippen MR) is 171 cm³/mol. The van der Waals surface area contributed by atoms with E-state index in [2.05, 4.69) is 16.9 Å². The molecule has 2 aromatic heterocycles. The van der Waals surface area contributed by atoms with Gasteiger partial charge in [-0.15, -0.1) is 0 Å². The number of nitrogens with zero attached hydrogens (tertiary/aromatic N) is 3. The van der Waals surface area contributed by atoms with Crippen molar-refractivity contribution in [3.05, 3.63) is 154 Å². The number of aromatic nitrogens is 2. The largest absolute Gasteiger partial charge is 0.403 e. The van der Waals surface area contributed by atoms with Gasteiger partial charge in [-0.1, -0.05) is 48.5 Å². The number of likely N-dealkylation sites (N-methyl/N-ethyl adjacent to an activating group) is 1. The molecule has 2 heterocycles. The van der Waals surface area contributed by atoms with Crippen LogP contribution < -0.4 is 16.6 Å². The van der Waals surface area contributed by atoms with Gasteiger partial charge in [-0.05, 0) is 77.0 Å². The van der Waals surface area contributed by atoms with Crippen LogP contribution in [0.1, 0.15) is 21.5 Å². The lowest BCUT2D eigenvalue weighted by molar-refractivity contribution is 0.0964. The summed E-state index contributed by atoms with van der Waals surface area (Å²) in [6, 6.07) is 24.3. The van der Waals surface area contributed by atoms with Crippen molar-refractivity contribution in [2.45, 2.75) is 5.60 Å². The minimum absolute atomic E-state index is 0.181. The number of amides is 1. The van der Waals surface area contributed by atoms with Crippen molar-refractivity contribution < 1.29 is 9.90 Å². The standard InChI is InChI=1S/C34H30ClN5O3/c1-4-39(2)31(21-36)34(43,24-10-8-22(9-11-24)33(42)38-27-14-16-37-17-15-27)25-12-13-30-29(19-25)28(20-32(41)40(30)3)23-6-5-7-26(35)18-23/h4-21,43H,1,36H2,2-3H3,(H,37,38,42)/b31-21-. The second-order valence-corrected chi connectivity index (χ2v) is 10.5. The molecule has 216 valence electrons. The summed E-state index contributed by atoms with van der Waals surface area (Å²) in [5, 5.41) is 16.7. The molecule has 0 aliphatic carbocycles. The number of aliphatic hydroxyl groups is 1. The van der Waals surface area contributed by atoms with E-state index in [-0.39, 0.29) is 11.5 Å². The zero-order chi connectivity index (χ0) is 30.7. The summed E-state index contributed by atoms with van der Waals surface area (Å²) in [5.41, 5.74) is 8.58. The summed E-state index contributed by atoms with van der Waals surface area (Å²) in [4.78, 5) is 31.4. The highest BCUT2D eigenvalue weighted by molar-refractivity contribution is 6.30. The molecule has 1 unspecified atom stereocenters. The molecule has 0 radical (unpaired) electrons. The molecule has 5 rings (SSSR count). The van der Waals surface area contributed by atoms with Gasteiger partial charge in [-0.3, -0.25) is 14.6 Å². The maximum atomic E-state index is 12.9. The fourth-order valence-electron chi connectivity index (χ4n) is 5.14. The molecular formula is C34H30ClN5O3. The lowest BCUT2D eigenvalue weighted by Gasteiger charge is -2.36. The Bertz CT molecular complexity index is 1920. The number of nitrogens with one attached hydrogen (secondary N) is 1. The Morgan fingerprint density at radius 3 is 2.40 bits per heavy atom. The Labute approximate surface area is 254 Å². The van der Waals surface area contributed by atoms with Crippen molar-refractivity contribution in [2.75, 3.05) is 12.4 Å². The number of nitrogens with two attached hydrogens (primary N) is 1. The van der Waals surface area contributed by atoms with E-state index in [1.54, 1.807) is 109 Å². The lowest BCUT2D eigenvalue weighted by Crippen LogP contribution is -2.37. The van der Waals surface area contributed by atoms with Crippen molar-refractivity contribution in [1.29, 1.82) is 0 Å². The Morgan fingerprint density at radius 1 is 1.05 bits per heavy atom. The lowest BCUT2D eigenvalue weighted by atomic mass is 9.81. The Hall–Kier alpha value is -5.18. The first kappa shape index (κ1) is 29.3. The van der Waals surface area contributed by atoms with E-state index in [0.717, 1.165) is 10.9 Å². The first-order valence-corrected chi connectivity index (χ1v) is 13.8. The molecule has 0 saturated heterocycles. The third kappa shape index (κ3) is 5.53. The zero-order valence-electron chi connectivity index (χ0n) is 23.7. The van der Waals surface area contributed by atoms with E-state index in [0.29, 0.717) is 44.2 Å². The number of pyridine rings is 2. The highest BCUT2D eigenvalue weighted by Gasteiger charge is 2.38. The first-order chi connectivity index (χ1) is 20.7. The predicted octanol–water partition coefficient (Wildman–Crippen LogP) is 5.62. The van der Waals surface area contributed by atoms with Crippen LogP contribution in [0.2, 0.25) is 5.02 Å². The molecule has 3 aromatic carbocycles. The van der Waals surface area contributed by atoms with Crippen LogP contribution in [0.5, 0.6) is 0 Å². The van der Waals surface area contributed by atoms with E-state index in [4.69, 9.17) is 17.3 Å². The molecule has 5 aromatic rings. The molecule has 1 atom stereocenters. The van der Waals surface area contributed by atoms with Gasteiger partial charge in [0.1, 0.15) is 0 Å². The smallest absolute Gasteiger partial charge is 0.255 e. The SMILES string of the molecule is C=CN(C)/C(=C\N)C(O)(c1ccc(C(=O)Nc2ccncc2)cc1)c1ccc2c(c1)c(-c1cccc(Cl)c1)cc(=O)n2C. The van der Waals surface area contributed by atoms with Crippen molar-refractivity contribution in [2.24, 2.45) is 12.8 Å². The molecule has 8 nitrogen and oxygen atoms in total. The van der Waals surface area contributed by atoms with E-state index >= 15 is 0 Å². The Kier molecular flexibility index (Phi) is 8.16. The van der Waals surface area contributed by atoms with Crippen LogP contribution in [0.25, 0.3) is 22.0 Å². The monoisotopic (exact) mass is 591 g/mol. The van der Waals surface area contributed by atoms with Crippen molar-refractivity contribution in [3.63, 3.8) is 0 Å². The number of aryl methyl sites for hydroxylation is 1. The summed E-state index contributed by atoms with van der Waals surface area (Å²) in [5.74, 6) is -0.308. The summed E-state index contributed by atoms with van der Waals surface area (Å²) >= 11 is 6.30. The number of hydrogen-bond acceptors (Lipinski definition) is 6. The second kappa shape index (κ2) is 12.0. The minimum atomic E-state index is -1.77. The van der Waals surface area contributed by atoms with Gasteiger partial charge in [0, 0.05) is 60.4 Å². The van der Waals surface area contributed by atoms with Crippen LogP contribution >= 0.6 is 11.6 Å². The summed E-state index contributed by atoms with van der Waals surface area (Å²) in [6.45, 7) is 3.85. The highest BCUT2D eigenvalue weighted by atomic mass is 35.5. The maximum Gasteiger partial charge on any atom is 0.255 e. The zero-order valence-corrected chi connectivity index (χ0v) is 24.4. The summed E-state index contributed by atoms with van der Waals surface area (Å²) in [6.07, 6.45) is 6.06. The van der Waals surface area contributed by atoms with Gasteiger partial charge < -0.3 is 25.6 Å². The third-order valence-corrected chi connectivity index (χ3v) is 7.72. The van der Waals surface area contributed by atoms with Gasteiger partial charge in [0.05, 0.1) is 11.2 Å². The maximum absolute atomic E-state index is 12.9. The van der Waals surface area contributed by atoms with Gasteiger partial charge in [-0.25, -0.2) is 0 Å². The average molecular weight is 592 g/mol. The van der Waals surface area contributed by atoms with Gasteiger partial charge >= 0.3 is 0 Å². The van der Waals surface area contributed by atoms with Crippen molar-refractivity contribution in [1.82, 2.24) is 14.5 Å². The molecular weight excluding hydrogens is 562 g/mol. The van der Waals surface area contributed by atoms with Gasteiger partial charge in [0.15, 0.2) is 5.60 Å². The number of anilines is 1. The minimum Gasteiger partial charge on any atom is -0.403 e. The van der Waals surface area contributed by atoms with Gasteiger partial charge in [0.25, 0.3) is 11.5 Å². The van der Waals surface area contributed by atoms with Crippen LogP contribution in [0.15, 0.2) is 127 Å². The van der Waals surface area contributed by atoms with Crippen molar-refractivity contribution >= 4 is 34.1 Å². The summed E-state index contributed by atoms with van der Waals surface area (Å²) in [7, 11) is 3.43.